The lowest BCUT2D eigenvalue weighted by atomic mass is 10.2. The van der Waals surface area contributed by atoms with Crippen LogP contribution in [0.5, 0.6) is 5.75 Å². The summed E-state index contributed by atoms with van der Waals surface area (Å²) in [6.45, 7) is 5.41. The fourth-order valence-corrected chi connectivity index (χ4v) is 3.84. The summed E-state index contributed by atoms with van der Waals surface area (Å²) < 4.78 is 8.56. The number of aromatic nitrogens is 2. The highest BCUT2D eigenvalue weighted by molar-refractivity contribution is 9.10. The Labute approximate surface area is 165 Å². The van der Waals surface area contributed by atoms with Gasteiger partial charge in [-0.25, -0.2) is 4.98 Å². The molecule has 0 spiro atoms. The Morgan fingerprint density at radius 1 is 1.19 bits per heavy atom. The van der Waals surface area contributed by atoms with Gasteiger partial charge < -0.3 is 4.74 Å². The van der Waals surface area contributed by atoms with Crippen molar-refractivity contribution in [2.24, 2.45) is 5.92 Å². The number of hydrogen-bond donors (Lipinski definition) is 0. The Balaban J connectivity index is 1.76. The largest absolute Gasteiger partial charge is 0.493 e. The van der Waals surface area contributed by atoms with Gasteiger partial charge in [0.15, 0.2) is 5.16 Å². The zero-order chi connectivity index (χ0) is 18.5. The number of fused-ring (bicyclic) bond motifs is 1. The van der Waals surface area contributed by atoms with Crippen LogP contribution in [0.15, 0.2) is 63.0 Å². The first-order chi connectivity index (χ1) is 12.5. The molecule has 3 aromatic rings. The van der Waals surface area contributed by atoms with E-state index in [4.69, 9.17) is 9.72 Å². The molecule has 0 radical (unpaired) electrons. The van der Waals surface area contributed by atoms with Crippen molar-refractivity contribution in [2.45, 2.75) is 25.5 Å². The Bertz CT molecular complexity index is 956. The molecule has 0 N–H and O–H groups in total. The highest BCUT2D eigenvalue weighted by atomic mass is 79.9. The van der Waals surface area contributed by atoms with E-state index in [0.29, 0.717) is 24.5 Å². The van der Waals surface area contributed by atoms with Crippen LogP contribution in [0.25, 0.3) is 10.9 Å². The third-order valence-electron chi connectivity index (χ3n) is 3.75. The zero-order valence-corrected chi connectivity index (χ0v) is 17.2. The van der Waals surface area contributed by atoms with Crippen molar-refractivity contribution in [2.75, 3.05) is 12.4 Å². The third kappa shape index (κ3) is 4.68. The van der Waals surface area contributed by atoms with E-state index in [1.807, 2.05) is 48.5 Å². The highest BCUT2D eigenvalue weighted by Crippen LogP contribution is 2.21. The van der Waals surface area contributed by atoms with Crippen molar-refractivity contribution in [3.05, 3.63) is 63.4 Å². The van der Waals surface area contributed by atoms with Crippen molar-refractivity contribution >= 4 is 38.6 Å². The Kier molecular flexibility index (Phi) is 6.38. The van der Waals surface area contributed by atoms with Crippen LogP contribution in [0.1, 0.15) is 13.8 Å². The summed E-state index contributed by atoms with van der Waals surface area (Å²) in [6.07, 6.45) is 0. The first kappa shape index (κ1) is 19.0. The van der Waals surface area contributed by atoms with Gasteiger partial charge in [-0.1, -0.05) is 59.7 Å². The minimum atomic E-state index is 0.0275. The summed E-state index contributed by atoms with van der Waals surface area (Å²) in [5.41, 5.74) is 0.771. The van der Waals surface area contributed by atoms with E-state index in [9.17, 15) is 4.79 Å². The van der Waals surface area contributed by atoms with Crippen LogP contribution in [0.2, 0.25) is 0 Å². The van der Waals surface area contributed by atoms with Crippen molar-refractivity contribution in [1.82, 2.24) is 9.55 Å². The van der Waals surface area contributed by atoms with E-state index in [0.717, 1.165) is 26.6 Å². The smallest absolute Gasteiger partial charge is 0.262 e. The van der Waals surface area contributed by atoms with E-state index in [-0.39, 0.29) is 5.56 Å². The molecule has 0 saturated carbocycles. The second-order valence-electron chi connectivity index (χ2n) is 6.38. The maximum Gasteiger partial charge on any atom is 0.262 e. The predicted octanol–water partition coefficient (Wildman–Crippen LogP) is 4.99. The molecule has 0 bridgehead atoms. The summed E-state index contributed by atoms with van der Waals surface area (Å²) in [6, 6.07) is 15.3. The number of thioether (sulfide) groups is 1. The number of halogens is 1. The Hall–Kier alpha value is -1.79. The lowest BCUT2D eigenvalue weighted by molar-refractivity contribution is 0.343. The molecule has 1 heterocycles. The second-order valence-corrected chi connectivity index (χ2v) is 8.35. The molecule has 4 nitrogen and oxygen atoms in total. The van der Waals surface area contributed by atoms with Crippen molar-refractivity contribution in [3.8, 4) is 5.75 Å². The van der Waals surface area contributed by atoms with E-state index in [2.05, 4.69) is 29.8 Å². The first-order valence-corrected chi connectivity index (χ1v) is 10.3. The van der Waals surface area contributed by atoms with Gasteiger partial charge in [0.1, 0.15) is 5.75 Å². The average molecular weight is 433 g/mol. The lowest BCUT2D eigenvalue weighted by Gasteiger charge is -2.15. The van der Waals surface area contributed by atoms with Crippen molar-refractivity contribution < 1.29 is 4.74 Å². The molecular formula is C20H21BrN2O2S. The fourth-order valence-electron chi connectivity index (χ4n) is 2.63. The van der Waals surface area contributed by atoms with Gasteiger partial charge in [-0.3, -0.25) is 9.36 Å². The number of hydrogen-bond acceptors (Lipinski definition) is 4. The average Bonchev–Trinajstić information content (AvgIpc) is 2.61. The van der Waals surface area contributed by atoms with Gasteiger partial charge in [0.05, 0.1) is 17.5 Å². The van der Waals surface area contributed by atoms with Crippen molar-refractivity contribution in [1.29, 1.82) is 0 Å². The predicted molar refractivity (Wildman–Crippen MR) is 111 cm³/mol. The Morgan fingerprint density at radius 3 is 2.77 bits per heavy atom. The summed E-state index contributed by atoms with van der Waals surface area (Å²) in [5.74, 6) is 1.91. The molecule has 0 saturated heterocycles. The number of benzene rings is 2. The van der Waals surface area contributed by atoms with Crippen LogP contribution in [-0.2, 0) is 6.54 Å². The molecule has 0 amide bonds. The molecule has 2 aromatic carbocycles. The summed E-state index contributed by atoms with van der Waals surface area (Å²) >= 11 is 4.99. The molecule has 1 aromatic heterocycles. The second kappa shape index (κ2) is 8.73. The molecule has 136 valence electrons. The summed E-state index contributed by atoms with van der Waals surface area (Å²) in [4.78, 5) is 17.6. The molecule has 26 heavy (non-hydrogen) atoms. The van der Waals surface area contributed by atoms with Gasteiger partial charge >= 0.3 is 0 Å². The number of rotatable bonds is 7. The molecule has 3 rings (SSSR count). The van der Waals surface area contributed by atoms with Crippen LogP contribution in [-0.4, -0.2) is 21.9 Å². The van der Waals surface area contributed by atoms with Crippen LogP contribution in [0, 0.1) is 5.92 Å². The summed E-state index contributed by atoms with van der Waals surface area (Å²) in [7, 11) is 0. The number of nitrogens with zero attached hydrogens (tertiary/aromatic N) is 2. The minimum Gasteiger partial charge on any atom is -0.493 e. The topological polar surface area (TPSA) is 44.1 Å². The van der Waals surface area contributed by atoms with Gasteiger partial charge in [0.2, 0.25) is 0 Å². The lowest BCUT2D eigenvalue weighted by Crippen LogP contribution is -2.25. The monoisotopic (exact) mass is 432 g/mol. The number of ether oxygens (including phenoxy) is 1. The first-order valence-electron chi connectivity index (χ1n) is 8.55. The van der Waals surface area contributed by atoms with Gasteiger partial charge in [0, 0.05) is 16.8 Å². The van der Waals surface area contributed by atoms with Gasteiger partial charge in [-0.05, 0) is 36.2 Å². The molecule has 0 unspecified atom stereocenters. The maximum atomic E-state index is 12.8. The third-order valence-corrected chi connectivity index (χ3v) is 5.19. The SMILES string of the molecule is CC(C)Cn1c(SCCOc2cccc(Br)c2)nc2ccccc2c1=O. The standard InChI is InChI=1S/C20H21BrN2O2S/c1-14(2)13-23-19(24)17-8-3-4-9-18(17)22-20(23)26-11-10-25-16-7-5-6-15(21)12-16/h3-9,12,14H,10-11,13H2,1-2H3. The molecule has 0 aliphatic heterocycles. The fraction of sp³-hybridized carbons (Fsp3) is 0.300. The summed E-state index contributed by atoms with van der Waals surface area (Å²) in [5, 5.41) is 1.42. The molecule has 0 fully saturated rings. The van der Waals surface area contributed by atoms with E-state index >= 15 is 0 Å². The van der Waals surface area contributed by atoms with Gasteiger partial charge in [0.25, 0.3) is 5.56 Å². The zero-order valence-electron chi connectivity index (χ0n) is 14.8. The quantitative estimate of drug-likeness (QED) is 0.299. The molecular weight excluding hydrogens is 412 g/mol. The van der Waals surface area contributed by atoms with Crippen LogP contribution in [0.4, 0.5) is 0 Å². The van der Waals surface area contributed by atoms with Crippen molar-refractivity contribution in [3.63, 3.8) is 0 Å². The van der Waals surface area contributed by atoms with Crippen LogP contribution >= 0.6 is 27.7 Å². The van der Waals surface area contributed by atoms with Gasteiger partial charge in [-0.2, -0.15) is 0 Å². The number of para-hydroxylation sites is 1. The Morgan fingerprint density at radius 2 is 2.00 bits per heavy atom. The van der Waals surface area contributed by atoms with Gasteiger partial charge in [-0.15, -0.1) is 0 Å². The normalized spacial score (nSPS) is 11.2. The van der Waals surface area contributed by atoms with E-state index in [1.54, 1.807) is 16.3 Å². The molecule has 0 aliphatic carbocycles. The molecule has 0 aliphatic rings. The van der Waals surface area contributed by atoms with E-state index in [1.165, 1.54) is 0 Å². The highest BCUT2D eigenvalue weighted by Gasteiger charge is 2.12. The van der Waals surface area contributed by atoms with Crippen LogP contribution < -0.4 is 10.3 Å². The van der Waals surface area contributed by atoms with E-state index < -0.39 is 0 Å². The maximum absolute atomic E-state index is 12.8. The molecule has 6 heteroatoms. The minimum absolute atomic E-state index is 0.0275. The van der Waals surface area contributed by atoms with Crippen LogP contribution in [0.3, 0.4) is 0 Å². The molecule has 0 atom stereocenters.